The molecule has 0 rings (SSSR count). The van der Waals surface area contributed by atoms with Gasteiger partial charge in [0.15, 0.2) is 0 Å². The lowest BCUT2D eigenvalue weighted by Gasteiger charge is -2.14. The van der Waals surface area contributed by atoms with Crippen LogP contribution in [0.5, 0.6) is 0 Å². The highest BCUT2D eigenvalue weighted by molar-refractivity contribution is 4.59. The zero-order chi connectivity index (χ0) is 18.4. The Bertz CT molecular complexity index is 220. The van der Waals surface area contributed by atoms with Gasteiger partial charge in [-0.05, 0) is 5.92 Å². The van der Waals surface area contributed by atoms with Crippen LogP contribution in [-0.4, -0.2) is 0 Å². The molecule has 0 saturated carbocycles. The molecule has 0 nitrogen and oxygen atoms in total. The van der Waals surface area contributed by atoms with E-state index in [9.17, 15) is 0 Å². The number of unbranched alkanes of at least 4 members (excludes halogenated alkanes) is 16. The lowest BCUT2D eigenvalue weighted by molar-refractivity contribution is 0.397. The largest absolute Gasteiger partial charge is 0.0651 e. The lowest BCUT2D eigenvalue weighted by Crippen LogP contribution is -1.99. The molecular weight excluding hydrogens is 300 g/mol. The van der Waals surface area contributed by atoms with Gasteiger partial charge in [-0.3, -0.25) is 0 Å². The third-order valence-electron chi connectivity index (χ3n) is 5.80. The van der Waals surface area contributed by atoms with Crippen LogP contribution in [0.15, 0.2) is 0 Å². The molecule has 0 aliphatic rings. The van der Waals surface area contributed by atoms with Crippen molar-refractivity contribution in [2.24, 2.45) is 5.92 Å². The molecule has 0 aliphatic carbocycles. The predicted octanol–water partition coefficient (Wildman–Crippen LogP) is 9.48. The average Bonchev–Trinajstić information content (AvgIpc) is 2.63. The lowest BCUT2D eigenvalue weighted by atomic mass is 9.92. The normalized spacial score (nSPS) is 12.6. The molecule has 0 aromatic heterocycles. The summed E-state index contributed by atoms with van der Waals surface area (Å²) in [4.78, 5) is 0. The number of rotatable bonds is 21. The van der Waals surface area contributed by atoms with Gasteiger partial charge in [0.05, 0.1) is 0 Å². The minimum absolute atomic E-state index is 0.991. The van der Waals surface area contributed by atoms with Crippen molar-refractivity contribution < 1.29 is 0 Å². The number of hydrogen-bond donors (Lipinski definition) is 0. The van der Waals surface area contributed by atoms with Crippen molar-refractivity contribution in [3.05, 3.63) is 13.8 Å². The molecule has 25 heavy (non-hydrogen) atoms. The second kappa shape index (κ2) is 22.0. The van der Waals surface area contributed by atoms with Gasteiger partial charge in [-0.25, -0.2) is 0 Å². The standard InChI is InChI=1S/C25H50/c1-4-7-9-10-11-12-13-14-15-16-17-18-19-20-22-24-25(6-3)23-21-8-5-2/h25H,1-2,4-24H2,3H3. The van der Waals surface area contributed by atoms with Crippen molar-refractivity contribution >= 4 is 0 Å². The van der Waals surface area contributed by atoms with Crippen LogP contribution in [0.25, 0.3) is 0 Å². The Kier molecular flexibility index (Phi) is 22.0. The highest BCUT2D eigenvalue weighted by atomic mass is 14.1. The highest BCUT2D eigenvalue weighted by Gasteiger charge is 2.05. The van der Waals surface area contributed by atoms with Crippen LogP contribution < -0.4 is 0 Å². The van der Waals surface area contributed by atoms with Crippen molar-refractivity contribution in [3.8, 4) is 0 Å². The Morgan fingerprint density at radius 1 is 0.440 bits per heavy atom. The summed E-state index contributed by atoms with van der Waals surface area (Å²) in [6.45, 7) is 10.2. The minimum Gasteiger partial charge on any atom is -0.0651 e. The molecule has 0 heteroatoms. The Hall–Kier alpha value is 0. The summed E-state index contributed by atoms with van der Waals surface area (Å²) in [6, 6.07) is 0. The average molecular weight is 351 g/mol. The summed E-state index contributed by atoms with van der Waals surface area (Å²) in [5, 5.41) is 0. The second-order valence-corrected chi connectivity index (χ2v) is 8.22. The van der Waals surface area contributed by atoms with Gasteiger partial charge in [0.1, 0.15) is 0 Å². The maximum atomic E-state index is 3.95. The van der Waals surface area contributed by atoms with Crippen LogP contribution in [0.1, 0.15) is 142 Å². The van der Waals surface area contributed by atoms with Crippen molar-refractivity contribution in [1.82, 2.24) is 0 Å². The first-order valence-electron chi connectivity index (χ1n) is 11.9. The first kappa shape index (κ1) is 25.0. The fraction of sp³-hybridized carbons (Fsp3) is 0.920. The SMILES string of the molecule is [CH2]CCCCCCCCCCCCCCCCC(CC)CCCC[CH2]. The van der Waals surface area contributed by atoms with E-state index in [0.29, 0.717) is 0 Å². The summed E-state index contributed by atoms with van der Waals surface area (Å²) < 4.78 is 0. The van der Waals surface area contributed by atoms with Gasteiger partial charge in [0.25, 0.3) is 0 Å². The van der Waals surface area contributed by atoms with Gasteiger partial charge in [-0.15, -0.1) is 0 Å². The molecule has 0 bridgehead atoms. The summed E-state index contributed by atoms with van der Waals surface area (Å²) in [6.07, 6.45) is 29.6. The smallest absolute Gasteiger partial charge is 0.0417 e. The molecule has 0 N–H and O–H groups in total. The van der Waals surface area contributed by atoms with Crippen LogP contribution in [0.4, 0.5) is 0 Å². The molecule has 0 aliphatic heterocycles. The van der Waals surface area contributed by atoms with Gasteiger partial charge in [0.2, 0.25) is 0 Å². The quantitative estimate of drug-likeness (QED) is 0.181. The van der Waals surface area contributed by atoms with Crippen LogP contribution in [-0.2, 0) is 0 Å². The summed E-state index contributed by atoms with van der Waals surface area (Å²) >= 11 is 0. The summed E-state index contributed by atoms with van der Waals surface area (Å²) in [5.41, 5.74) is 0. The first-order chi connectivity index (χ1) is 12.3. The third-order valence-corrected chi connectivity index (χ3v) is 5.80. The maximum absolute atomic E-state index is 3.95. The van der Waals surface area contributed by atoms with Crippen LogP contribution in [0.3, 0.4) is 0 Å². The van der Waals surface area contributed by atoms with Crippen LogP contribution in [0.2, 0.25) is 0 Å². The Morgan fingerprint density at radius 3 is 1.08 bits per heavy atom. The molecule has 0 saturated heterocycles. The van der Waals surface area contributed by atoms with E-state index < -0.39 is 0 Å². The topological polar surface area (TPSA) is 0 Å². The Balaban J connectivity index is 3.15. The van der Waals surface area contributed by atoms with Gasteiger partial charge in [-0.1, -0.05) is 156 Å². The molecule has 2 radical (unpaired) electrons. The molecule has 1 unspecified atom stereocenters. The second-order valence-electron chi connectivity index (χ2n) is 8.22. The molecule has 1 atom stereocenters. The van der Waals surface area contributed by atoms with Crippen LogP contribution in [0, 0.1) is 19.8 Å². The summed E-state index contributed by atoms with van der Waals surface area (Å²) in [5.74, 6) is 0.991. The monoisotopic (exact) mass is 350 g/mol. The molecule has 0 aromatic rings. The van der Waals surface area contributed by atoms with Crippen molar-refractivity contribution in [2.45, 2.75) is 142 Å². The summed E-state index contributed by atoms with van der Waals surface area (Å²) in [7, 11) is 0. The zero-order valence-corrected chi connectivity index (χ0v) is 17.8. The fourth-order valence-corrected chi connectivity index (χ4v) is 3.89. The highest BCUT2D eigenvalue weighted by Crippen LogP contribution is 2.21. The Morgan fingerprint density at radius 2 is 0.720 bits per heavy atom. The van der Waals surface area contributed by atoms with E-state index in [1.54, 1.807) is 0 Å². The van der Waals surface area contributed by atoms with Crippen LogP contribution >= 0.6 is 0 Å². The zero-order valence-electron chi connectivity index (χ0n) is 17.8. The van der Waals surface area contributed by atoms with E-state index in [4.69, 9.17) is 0 Å². The van der Waals surface area contributed by atoms with Crippen molar-refractivity contribution in [3.63, 3.8) is 0 Å². The molecule has 0 amide bonds. The van der Waals surface area contributed by atoms with Gasteiger partial charge >= 0.3 is 0 Å². The van der Waals surface area contributed by atoms with E-state index >= 15 is 0 Å². The Labute approximate surface area is 161 Å². The first-order valence-corrected chi connectivity index (χ1v) is 11.9. The third kappa shape index (κ3) is 20.2. The molecule has 0 heterocycles. The van der Waals surface area contributed by atoms with E-state index in [0.717, 1.165) is 18.8 Å². The van der Waals surface area contributed by atoms with Crippen molar-refractivity contribution in [1.29, 1.82) is 0 Å². The van der Waals surface area contributed by atoms with Gasteiger partial charge in [0, 0.05) is 0 Å². The molecule has 150 valence electrons. The van der Waals surface area contributed by atoms with E-state index in [2.05, 4.69) is 20.8 Å². The number of hydrogen-bond acceptors (Lipinski definition) is 0. The molecule has 0 fully saturated rings. The van der Waals surface area contributed by atoms with Gasteiger partial charge < -0.3 is 0 Å². The molecule has 0 aromatic carbocycles. The minimum atomic E-state index is 0.991. The molecular formula is C25H50. The fourth-order valence-electron chi connectivity index (χ4n) is 3.89. The van der Waals surface area contributed by atoms with E-state index in [-0.39, 0.29) is 0 Å². The van der Waals surface area contributed by atoms with Gasteiger partial charge in [-0.2, -0.15) is 0 Å². The predicted molar refractivity (Wildman–Crippen MR) is 117 cm³/mol. The van der Waals surface area contributed by atoms with Crippen molar-refractivity contribution in [2.75, 3.05) is 0 Å². The van der Waals surface area contributed by atoms with E-state index in [1.165, 1.54) is 122 Å². The van der Waals surface area contributed by atoms with E-state index in [1.807, 2.05) is 0 Å². The molecule has 0 spiro atoms. The maximum Gasteiger partial charge on any atom is -0.0417 e.